The zero-order valence-corrected chi connectivity index (χ0v) is 12.8. The van der Waals surface area contributed by atoms with E-state index in [0.29, 0.717) is 0 Å². The topological polar surface area (TPSA) is 0 Å². The maximum absolute atomic E-state index is 2.32. The summed E-state index contributed by atoms with van der Waals surface area (Å²) in [4.78, 5) is 0. The summed E-state index contributed by atoms with van der Waals surface area (Å²) in [5.74, 6) is 0.797. The van der Waals surface area contributed by atoms with Gasteiger partial charge in [0, 0.05) is 0 Å². The lowest BCUT2D eigenvalue weighted by atomic mass is 9.86. The summed E-state index contributed by atoms with van der Waals surface area (Å²) in [6, 6.07) is 9.12. The van der Waals surface area contributed by atoms with Crippen molar-refractivity contribution < 1.29 is 0 Å². The van der Waals surface area contributed by atoms with Crippen molar-refractivity contribution in [3.05, 3.63) is 35.4 Å². The Morgan fingerprint density at radius 3 is 1.82 bits per heavy atom. The van der Waals surface area contributed by atoms with Gasteiger partial charge in [0.05, 0.1) is 0 Å². The molecule has 1 aromatic rings. The minimum absolute atomic E-state index is 0.273. The Bertz CT molecular complexity index is 287. The van der Waals surface area contributed by atoms with Crippen molar-refractivity contribution in [3.8, 4) is 0 Å². The molecule has 0 spiro atoms. The van der Waals surface area contributed by atoms with Crippen molar-refractivity contribution in [2.45, 2.75) is 66.7 Å². The van der Waals surface area contributed by atoms with Gasteiger partial charge in [-0.3, -0.25) is 0 Å². The third-order valence-electron chi connectivity index (χ3n) is 3.10. The molecule has 0 nitrogen and oxygen atoms in total. The van der Waals surface area contributed by atoms with E-state index in [-0.39, 0.29) is 5.41 Å². The summed E-state index contributed by atoms with van der Waals surface area (Å²) in [5.41, 5.74) is 3.17. The fourth-order valence-electron chi connectivity index (χ4n) is 1.69. The van der Waals surface area contributed by atoms with Crippen LogP contribution in [0.25, 0.3) is 0 Å². The van der Waals surface area contributed by atoms with Crippen molar-refractivity contribution in [2.24, 2.45) is 5.92 Å². The molecule has 0 saturated carbocycles. The number of benzene rings is 1. The highest BCUT2D eigenvalue weighted by Crippen LogP contribution is 2.23. The van der Waals surface area contributed by atoms with Crippen molar-refractivity contribution in [3.63, 3.8) is 0 Å². The van der Waals surface area contributed by atoms with Crippen LogP contribution in [0.1, 0.15) is 66.0 Å². The van der Waals surface area contributed by atoms with Gasteiger partial charge in [-0.15, -0.1) is 0 Å². The molecule has 0 aromatic heterocycles. The van der Waals surface area contributed by atoms with Gasteiger partial charge in [-0.05, 0) is 28.9 Å². The Morgan fingerprint density at radius 2 is 1.47 bits per heavy atom. The molecule has 0 saturated heterocycles. The maximum Gasteiger partial charge on any atom is -0.0132 e. The minimum Gasteiger partial charge on any atom is -0.0683 e. The lowest BCUT2D eigenvalue weighted by Gasteiger charge is -2.19. The van der Waals surface area contributed by atoms with Gasteiger partial charge in [0.1, 0.15) is 0 Å². The highest BCUT2D eigenvalue weighted by Gasteiger charge is 2.12. The molecule has 1 atom stereocenters. The molecular weight excluding hydrogens is 204 g/mol. The average molecular weight is 234 g/mol. The van der Waals surface area contributed by atoms with Gasteiger partial charge in [0.2, 0.25) is 0 Å². The first-order chi connectivity index (χ1) is 7.93. The molecule has 0 aliphatic heterocycles. The van der Waals surface area contributed by atoms with Crippen LogP contribution < -0.4 is 0 Å². The summed E-state index contributed by atoms with van der Waals surface area (Å²) >= 11 is 0. The molecule has 0 bridgehead atoms. The Balaban J connectivity index is 0.00000121. The molecule has 0 radical (unpaired) electrons. The third-order valence-corrected chi connectivity index (χ3v) is 3.10. The third kappa shape index (κ3) is 5.91. The van der Waals surface area contributed by atoms with Crippen molar-refractivity contribution in [2.75, 3.05) is 0 Å². The van der Waals surface area contributed by atoms with Gasteiger partial charge in [-0.2, -0.15) is 0 Å². The summed E-state index contributed by atoms with van der Waals surface area (Å²) in [5, 5.41) is 0. The number of hydrogen-bond acceptors (Lipinski definition) is 0. The van der Waals surface area contributed by atoms with E-state index in [1.165, 1.54) is 24.0 Å². The van der Waals surface area contributed by atoms with Crippen LogP contribution in [0.2, 0.25) is 0 Å². The van der Waals surface area contributed by atoms with Gasteiger partial charge in [-0.1, -0.05) is 79.2 Å². The van der Waals surface area contributed by atoms with Crippen LogP contribution in [0.5, 0.6) is 0 Å². The standard InChI is InChI=1S/C15H24.C2H6/c1-6-12(2)11-13-7-9-14(10-8-13)15(3,4)5;1-2/h7-10,12H,6,11H2,1-5H3;1-2H3. The van der Waals surface area contributed by atoms with E-state index in [4.69, 9.17) is 0 Å². The molecule has 0 N–H and O–H groups in total. The van der Waals surface area contributed by atoms with Crippen LogP contribution in [-0.2, 0) is 11.8 Å². The molecule has 0 heteroatoms. The second-order valence-corrected chi connectivity index (χ2v) is 5.66. The maximum atomic E-state index is 2.32. The predicted octanol–water partition coefficient (Wildman–Crippen LogP) is 5.60. The zero-order valence-electron chi connectivity index (χ0n) is 12.8. The Hall–Kier alpha value is -0.780. The molecule has 1 unspecified atom stereocenters. The van der Waals surface area contributed by atoms with Gasteiger partial charge in [0.25, 0.3) is 0 Å². The molecule has 0 aliphatic rings. The molecule has 0 heterocycles. The molecule has 0 amide bonds. The van der Waals surface area contributed by atoms with Crippen LogP contribution in [0.15, 0.2) is 24.3 Å². The number of rotatable bonds is 3. The zero-order chi connectivity index (χ0) is 13.5. The molecule has 17 heavy (non-hydrogen) atoms. The predicted molar refractivity (Wildman–Crippen MR) is 79.6 cm³/mol. The molecule has 1 aromatic carbocycles. The van der Waals surface area contributed by atoms with Gasteiger partial charge >= 0.3 is 0 Å². The summed E-state index contributed by atoms with van der Waals surface area (Å²) in [6.07, 6.45) is 2.47. The molecule has 0 aliphatic carbocycles. The Labute approximate surface area is 108 Å². The fraction of sp³-hybridized carbons (Fsp3) is 0.647. The molecular formula is C17H30. The van der Waals surface area contributed by atoms with Crippen molar-refractivity contribution in [1.29, 1.82) is 0 Å². The normalized spacial score (nSPS) is 12.6. The smallest absolute Gasteiger partial charge is 0.0132 e. The summed E-state index contributed by atoms with van der Waals surface area (Å²) in [6.45, 7) is 15.4. The van der Waals surface area contributed by atoms with Crippen LogP contribution in [0, 0.1) is 5.92 Å². The average Bonchev–Trinajstić information content (AvgIpc) is 2.31. The monoisotopic (exact) mass is 234 g/mol. The first-order valence-corrected chi connectivity index (χ1v) is 7.03. The van der Waals surface area contributed by atoms with Gasteiger partial charge in [-0.25, -0.2) is 0 Å². The van der Waals surface area contributed by atoms with Crippen LogP contribution >= 0.6 is 0 Å². The second-order valence-electron chi connectivity index (χ2n) is 5.66. The Morgan fingerprint density at radius 1 is 1.00 bits per heavy atom. The van der Waals surface area contributed by atoms with Gasteiger partial charge in [0.15, 0.2) is 0 Å². The van der Waals surface area contributed by atoms with E-state index in [1.807, 2.05) is 13.8 Å². The van der Waals surface area contributed by atoms with E-state index in [1.54, 1.807) is 0 Å². The highest BCUT2D eigenvalue weighted by molar-refractivity contribution is 5.27. The SMILES string of the molecule is CC.CCC(C)Cc1ccc(C(C)(C)C)cc1. The first-order valence-electron chi connectivity index (χ1n) is 7.03. The van der Waals surface area contributed by atoms with Crippen LogP contribution in [-0.4, -0.2) is 0 Å². The minimum atomic E-state index is 0.273. The van der Waals surface area contributed by atoms with E-state index >= 15 is 0 Å². The van der Waals surface area contributed by atoms with Gasteiger partial charge < -0.3 is 0 Å². The fourth-order valence-corrected chi connectivity index (χ4v) is 1.69. The summed E-state index contributed by atoms with van der Waals surface area (Å²) < 4.78 is 0. The number of hydrogen-bond donors (Lipinski definition) is 0. The lowest BCUT2D eigenvalue weighted by Crippen LogP contribution is -2.10. The van der Waals surface area contributed by atoms with E-state index in [9.17, 15) is 0 Å². The van der Waals surface area contributed by atoms with Crippen LogP contribution in [0.3, 0.4) is 0 Å². The molecule has 0 fully saturated rings. The summed E-state index contributed by atoms with van der Waals surface area (Å²) in [7, 11) is 0. The van der Waals surface area contributed by atoms with E-state index in [2.05, 4.69) is 58.9 Å². The quantitative estimate of drug-likeness (QED) is 0.638. The Kier molecular flexibility index (Phi) is 7.18. The van der Waals surface area contributed by atoms with Crippen LogP contribution in [0.4, 0.5) is 0 Å². The highest BCUT2D eigenvalue weighted by atomic mass is 14.2. The first kappa shape index (κ1) is 16.2. The van der Waals surface area contributed by atoms with E-state index < -0.39 is 0 Å². The lowest BCUT2D eigenvalue weighted by molar-refractivity contribution is 0.558. The van der Waals surface area contributed by atoms with Crippen molar-refractivity contribution >= 4 is 0 Å². The second kappa shape index (κ2) is 7.53. The largest absolute Gasteiger partial charge is 0.0683 e. The van der Waals surface area contributed by atoms with Crippen molar-refractivity contribution in [1.82, 2.24) is 0 Å². The molecule has 98 valence electrons. The molecule has 1 rings (SSSR count). The van der Waals surface area contributed by atoms with E-state index in [0.717, 1.165) is 5.92 Å².